The average Bonchev–Trinajstić information content (AvgIpc) is 2.27. The number of nitrogens with zero attached hydrogens (tertiary/aromatic N) is 2. The van der Waals surface area contributed by atoms with Crippen molar-refractivity contribution in [2.24, 2.45) is 0 Å². The maximum atomic E-state index is 12.0. The summed E-state index contributed by atoms with van der Waals surface area (Å²) in [5.41, 5.74) is -0.473. The fourth-order valence-electron chi connectivity index (χ4n) is 2.76. The van der Waals surface area contributed by atoms with Gasteiger partial charge in [-0.25, -0.2) is 4.79 Å². The summed E-state index contributed by atoms with van der Waals surface area (Å²) in [6.07, 6.45) is 1.60. The minimum atomic E-state index is -0.423. The van der Waals surface area contributed by atoms with E-state index in [1.54, 1.807) is 4.90 Å². The number of rotatable bonds is 0. The first kappa shape index (κ1) is 14.6. The van der Waals surface area contributed by atoms with Gasteiger partial charge in [0.1, 0.15) is 5.60 Å². The molecule has 0 aromatic rings. The van der Waals surface area contributed by atoms with Crippen molar-refractivity contribution in [1.29, 1.82) is 0 Å². The van der Waals surface area contributed by atoms with Gasteiger partial charge in [0.15, 0.2) is 0 Å². The van der Waals surface area contributed by atoms with Gasteiger partial charge in [0.2, 0.25) is 0 Å². The van der Waals surface area contributed by atoms with E-state index in [4.69, 9.17) is 9.47 Å². The molecule has 5 heteroatoms. The van der Waals surface area contributed by atoms with E-state index in [1.165, 1.54) is 0 Å². The summed E-state index contributed by atoms with van der Waals surface area (Å²) in [5.74, 6) is 0. The first-order chi connectivity index (χ1) is 8.80. The van der Waals surface area contributed by atoms with Gasteiger partial charge in [0.25, 0.3) is 0 Å². The van der Waals surface area contributed by atoms with E-state index in [2.05, 4.69) is 11.9 Å². The molecule has 2 fully saturated rings. The summed E-state index contributed by atoms with van der Waals surface area (Å²) in [4.78, 5) is 16.1. The van der Waals surface area contributed by atoms with Crippen molar-refractivity contribution in [3.05, 3.63) is 0 Å². The molecule has 2 aliphatic heterocycles. The molecule has 1 amide bonds. The van der Waals surface area contributed by atoms with Crippen LogP contribution in [0.1, 0.15) is 33.6 Å². The van der Waals surface area contributed by atoms with Gasteiger partial charge in [-0.15, -0.1) is 0 Å². The zero-order chi connectivity index (χ0) is 14.1. The van der Waals surface area contributed by atoms with Gasteiger partial charge in [-0.1, -0.05) is 0 Å². The number of carbonyl (C=O) groups is 1. The highest BCUT2D eigenvalue weighted by Gasteiger charge is 2.40. The number of hydrogen-bond donors (Lipinski definition) is 0. The molecule has 19 heavy (non-hydrogen) atoms. The first-order valence-corrected chi connectivity index (χ1v) is 7.10. The summed E-state index contributed by atoms with van der Waals surface area (Å²) < 4.78 is 11.4. The van der Waals surface area contributed by atoms with E-state index in [0.717, 1.165) is 45.6 Å². The van der Waals surface area contributed by atoms with Gasteiger partial charge in [0, 0.05) is 26.2 Å². The molecule has 2 rings (SSSR count). The second kappa shape index (κ2) is 5.29. The van der Waals surface area contributed by atoms with E-state index >= 15 is 0 Å². The fourth-order valence-corrected chi connectivity index (χ4v) is 2.76. The molecular formula is C14H26N2O3. The second-order valence-corrected chi connectivity index (χ2v) is 6.74. The van der Waals surface area contributed by atoms with Crippen molar-refractivity contribution in [2.75, 3.05) is 39.8 Å². The molecule has 0 aromatic heterocycles. The van der Waals surface area contributed by atoms with Gasteiger partial charge in [0.05, 0.1) is 12.2 Å². The van der Waals surface area contributed by atoms with Gasteiger partial charge >= 0.3 is 6.09 Å². The monoisotopic (exact) mass is 270 g/mol. The quantitative estimate of drug-likeness (QED) is 0.672. The Labute approximate surface area is 115 Å². The van der Waals surface area contributed by atoms with Crippen molar-refractivity contribution < 1.29 is 14.3 Å². The maximum absolute atomic E-state index is 12.0. The Hall–Kier alpha value is -0.810. The molecule has 0 unspecified atom stereocenters. The highest BCUT2D eigenvalue weighted by atomic mass is 16.6. The number of likely N-dealkylation sites (tertiary alicyclic amines) is 1. The summed E-state index contributed by atoms with van der Waals surface area (Å²) >= 11 is 0. The lowest BCUT2D eigenvalue weighted by atomic mass is 9.89. The molecule has 0 N–H and O–H groups in total. The lowest BCUT2D eigenvalue weighted by Crippen LogP contribution is -2.57. The van der Waals surface area contributed by atoms with E-state index in [-0.39, 0.29) is 11.7 Å². The van der Waals surface area contributed by atoms with Crippen molar-refractivity contribution >= 4 is 6.09 Å². The Bertz CT molecular complexity index is 330. The van der Waals surface area contributed by atoms with Crippen molar-refractivity contribution in [3.8, 4) is 0 Å². The molecule has 2 aliphatic rings. The summed E-state index contributed by atoms with van der Waals surface area (Å²) in [7, 11) is 2.13. The largest absolute Gasteiger partial charge is 0.444 e. The summed E-state index contributed by atoms with van der Waals surface area (Å²) in [5, 5.41) is 0. The highest BCUT2D eigenvalue weighted by molar-refractivity contribution is 5.68. The van der Waals surface area contributed by atoms with Crippen LogP contribution >= 0.6 is 0 Å². The van der Waals surface area contributed by atoms with E-state index < -0.39 is 5.60 Å². The fraction of sp³-hybridized carbons (Fsp3) is 0.929. The molecule has 0 bridgehead atoms. The molecule has 2 heterocycles. The molecule has 2 saturated heterocycles. The number of ether oxygens (including phenoxy) is 2. The van der Waals surface area contributed by atoms with Crippen LogP contribution in [0.25, 0.3) is 0 Å². The average molecular weight is 270 g/mol. The van der Waals surface area contributed by atoms with Crippen LogP contribution in [-0.2, 0) is 9.47 Å². The van der Waals surface area contributed by atoms with Crippen LogP contribution in [0.5, 0.6) is 0 Å². The molecule has 0 radical (unpaired) electrons. The number of carbonyl (C=O) groups excluding carboxylic acids is 1. The Balaban J connectivity index is 1.87. The summed E-state index contributed by atoms with van der Waals surface area (Å²) in [6.45, 7) is 9.90. The Morgan fingerprint density at radius 2 is 1.84 bits per heavy atom. The predicted octanol–water partition coefficient (Wildman–Crippen LogP) is 1.72. The third kappa shape index (κ3) is 3.83. The Morgan fingerprint density at radius 1 is 1.21 bits per heavy atom. The number of piperidine rings is 1. The molecule has 0 aliphatic carbocycles. The molecule has 0 aromatic carbocycles. The minimum absolute atomic E-state index is 0.0501. The third-order valence-corrected chi connectivity index (χ3v) is 3.77. The molecule has 0 saturated carbocycles. The molecule has 110 valence electrons. The van der Waals surface area contributed by atoms with E-state index in [0.29, 0.717) is 0 Å². The molecular weight excluding hydrogens is 244 g/mol. The minimum Gasteiger partial charge on any atom is -0.444 e. The zero-order valence-electron chi connectivity index (χ0n) is 12.6. The Morgan fingerprint density at radius 3 is 2.37 bits per heavy atom. The van der Waals surface area contributed by atoms with Gasteiger partial charge in [-0.3, -0.25) is 0 Å². The second-order valence-electron chi connectivity index (χ2n) is 6.74. The van der Waals surface area contributed by atoms with Gasteiger partial charge < -0.3 is 19.3 Å². The molecule has 1 spiro atoms. The van der Waals surface area contributed by atoms with Gasteiger partial charge in [-0.2, -0.15) is 0 Å². The van der Waals surface area contributed by atoms with E-state index in [9.17, 15) is 4.79 Å². The van der Waals surface area contributed by atoms with Crippen LogP contribution < -0.4 is 0 Å². The number of hydrogen-bond acceptors (Lipinski definition) is 4. The zero-order valence-corrected chi connectivity index (χ0v) is 12.6. The SMILES string of the molecule is CN1CCOC2(CCN(C(=O)OC(C)(C)C)CC2)C1. The topological polar surface area (TPSA) is 42.0 Å². The van der Waals surface area contributed by atoms with Crippen molar-refractivity contribution in [3.63, 3.8) is 0 Å². The lowest BCUT2D eigenvalue weighted by molar-refractivity contribution is -0.129. The van der Waals surface area contributed by atoms with Crippen LogP contribution in [-0.4, -0.2) is 66.9 Å². The molecule has 5 nitrogen and oxygen atoms in total. The van der Waals surface area contributed by atoms with Crippen LogP contribution in [0.3, 0.4) is 0 Å². The van der Waals surface area contributed by atoms with Crippen LogP contribution in [0, 0.1) is 0 Å². The first-order valence-electron chi connectivity index (χ1n) is 7.10. The van der Waals surface area contributed by atoms with E-state index in [1.807, 2.05) is 20.8 Å². The number of likely N-dealkylation sites (N-methyl/N-ethyl adjacent to an activating group) is 1. The normalized spacial score (nSPS) is 24.5. The highest BCUT2D eigenvalue weighted by Crippen LogP contribution is 2.30. The molecule has 0 atom stereocenters. The van der Waals surface area contributed by atoms with Crippen LogP contribution in [0.2, 0.25) is 0 Å². The van der Waals surface area contributed by atoms with Crippen molar-refractivity contribution in [1.82, 2.24) is 9.80 Å². The number of amides is 1. The lowest BCUT2D eigenvalue weighted by Gasteiger charge is -2.46. The van der Waals surface area contributed by atoms with Crippen molar-refractivity contribution in [2.45, 2.75) is 44.8 Å². The van der Waals surface area contributed by atoms with Gasteiger partial charge in [-0.05, 0) is 40.7 Å². The standard InChI is InChI=1S/C14H26N2O3/c1-13(2,3)19-12(17)16-7-5-14(6-8-16)11-15(4)9-10-18-14/h5-11H2,1-4H3. The summed E-state index contributed by atoms with van der Waals surface area (Å²) in [6, 6.07) is 0. The predicted molar refractivity (Wildman–Crippen MR) is 73.2 cm³/mol. The van der Waals surface area contributed by atoms with Crippen LogP contribution in [0.15, 0.2) is 0 Å². The third-order valence-electron chi connectivity index (χ3n) is 3.77. The van der Waals surface area contributed by atoms with Crippen LogP contribution in [0.4, 0.5) is 4.79 Å². The smallest absolute Gasteiger partial charge is 0.410 e. The maximum Gasteiger partial charge on any atom is 0.410 e. The number of morpholine rings is 1. The Kier molecular flexibility index (Phi) is 4.06.